The highest BCUT2D eigenvalue weighted by molar-refractivity contribution is 9.10. The second kappa shape index (κ2) is 5.47. The highest BCUT2D eigenvalue weighted by atomic mass is 79.9. The molecule has 0 radical (unpaired) electrons. The Balaban J connectivity index is 2.56. The van der Waals surface area contributed by atoms with Gasteiger partial charge in [0.1, 0.15) is 10.4 Å². The maximum atomic E-state index is 10.1. The van der Waals surface area contributed by atoms with Gasteiger partial charge in [-0.15, -0.1) is 0 Å². The molecule has 4 heteroatoms. The van der Waals surface area contributed by atoms with Gasteiger partial charge in [-0.25, -0.2) is 4.98 Å². The van der Waals surface area contributed by atoms with Crippen molar-refractivity contribution in [2.45, 2.75) is 32.3 Å². The van der Waals surface area contributed by atoms with Crippen LogP contribution < -0.4 is 5.32 Å². The zero-order valence-electron chi connectivity index (χ0n) is 9.13. The average Bonchev–Trinajstić information content (AvgIpc) is 2.26. The van der Waals surface area contributed by atoms with Gasteiger partial charge < -0.3 is 10.4 Å². The standard InChI is InChI=1S/C11H17BrN2O/c1-3-11(15,4-2)8-13-10-7-5-6-9(12)14-10/h5-7,15H,3-4,8H2,1-2H3,(H,13,14). The Morgan fingerprint density at radius 2 is 2.07 bits per heavy atom. The molecule has 0 unspecified atom stereocenters. The molecule has 3 nitrogen and oxygen atoms in total. The Morgan fingerprint density at radius 1 is 1.40 bits per heavy atom. The van der Waals surface area contributed by atoms with Crippen LogP contribution in [0.1, 0.15) is 26.7 Å². The molecule has 0 aromatic carbocycles. The molecule has 0 bridgehead atoms. The van der Waals surface area contributed by atoms with Crippen LogP contribution in [-0.2, 0) is 0 Å². The first-order valence-electron chi connectivity index (χ1n) is 5.18. The van der Waals surface area contributed by atoms with E-state index >= 15 is 0 Å². The van der Waals surface area contributed by atoms with Crippen molar-refractivity contribution in [3.63, 3.8) is 0 Å². The lowest BCUT2D eigenvalue weighted by Crippen LogP contribution is -2.35. The Morgan fingerprint density at radius 3 is 2.60 bits per heavy atom. The van der Waals surface area contributed by atoms with Gasteiger partial charge >= 0.3 is 0 Å². The van der Waals surface area contributed by atoms with Crippen LogP contribution in [0.15, 0.2) is 22.8 Å². The van der Waals surface area contributed by atoms with Crippen molar-refractivity contribution in [1.29, 1.82) is 0 Å². The van der Waals surface area contributed by atoms with Crippen molar-refractivity contribution in [2.24, 2.45) is 0 Å². The third kappa shape index (κ3) is 3.80. The first-order valence-corrected chi connectivity index (χ1v) is 5.98. The molecule has 0 atom stereocenters. The van der Waals surface area contributed by atoms with Crippen molar-refractivity contribution >= 4 is 21.7 Å². The minimum atomic E-state index is -0.635. The van der Waals surface area contributed by atoms with Crippen molar-refractivity contribution in [2.75, 3.05) is 11.9 Å². The van der Waals surface area contributed by atoms with E-state index in [1.807, 2.05) is 32.0 Å². The van der Waals surface area contributed by atoms with E-state index in [9.17, 15) is 5.11 Å². The molecule has 0 aliphatic rings. The molecule has 2 N–H and O–H groups in total. The minimum Gasteiger partial charge on any atom is -0.388 e. The maximum absolute atomic E-state index is 10.1. The van der Waals surface area contributed by atoms with Crippen LogP contribution in [0.25, 0.3) is 0 Å². The van der Waals surface area contributed by atoms with Gasteiger partial charge in [0.2, 0.25) is 0 Å². The molecule has 0 fully saturated rings. The quantitative estimate of drug-likeness (QED) is 0.811. The molecule has 1 heterocycles. The smallest absolute Gasteiger partial charge is 0.127 e. The van der Waals surface area contributed by atoms with Gasteiger partial charge in [-0.1, -0.05) is 19.9 Å². The summed E-state index contributed by atoms with van der Waals surface area (Å²) in [6.07, 6.45) is 1.48. The first-order chi connectivity index (χ1) is 7.09. The van der Waals surface area contributed by atoms with Crippen molar-refractivity contribution in [3.05, 3.63) is 22.8 Å². The second-order valence-corrected chi connectivity index (χ2v) is 4.44. The van der Waals surface area contributed by atoms with E-state index in [0.29, 0.717) is 6.54 Å². The van der Waals surface area contributed by atoms with Gasteiger partial charge in [0.15, 0.2) is 0 Å². The summed E-state index contributed by atoms with van der Waals surface area (Å²) in [5, 5.41) is 13.2. The largest absolute Gasteiger partial charge is 0.388 e. The van der Waals surface area contributed by atoms with E-state index in [1.165, 1.54) is 0 Å². The molecular formula is C11H17BrN2O. The average molecular weight is 273 g/mol. The van der Waals surface area contributed by atoms with Crippen LogP contribution in [0.5, 0.6) is 0 Å². The topological polar surface area (TPSA) is 45.1 Å². The lowest BCUT2D eigenvalue weighted by atomic mass is 9.98. The molecule has 1 rings (SSSR count). The van der Waals surface area contributed by atoms with Gasteiger partial charge in [0, 0.05) is 6.54 Å². The van der Waals surface area contributed by atoms with E-state index in [0.717, 1.165) is 23.3 Å². The highest BCUT2D eigenvalue weighted by Crippen LogP contribution is 2.16. The predicted octanol–water partition coefficient (Wildman–Crippen LogP) is 2.81. The number of nitrogens with zero attached hydrogens (tertiary/aromatic N) is 1. The Hall–Kier alpha value is -0.610. The molecule has 1 aromatic heterocycles. The van der Waals surface area contributed by atoms with Gasteiger partial charge in [0.25, 0.3) is 0 Å². The Kier molecular flexibility index (Phi) is 4.54. The predicted molar refractivity (Wildman–Crippen MR) is 66.0 cm³/mol. The number of aromatic nitrogens is 1. The highest BCUT2D eigenvalue weighted by Gasteiger charge is 2.21. The number of halogens is 1. The number of hydrogen-bond donors (Lipinski definition) is 2. The van der Waals surface area contributed by atoms with Gasteiger partial charge in [-0.3, -0.25) is 0 Å². The zero-order chi connectivity index (χ0) is 11.3. The molecule has 1 aromatic rings. The molecule has 0 amide bonds. The van der Waals surface area contributed by atoms with Gasteiger partial charge in [-0.2, -0.15) is 0 Å². The fourth-order valence-electron chi connectivity index (χ4n) is 1.26. The minimum absolute atomic E-state index is 0.531. The summed E-state index contributed by atoms with van der Waals surface area (Å²) in [5.74, 6) is 0.782. The fraction of sp³-hybridized carbons (Fsp3) is 0.545. The molecular weight excluding hydrogens is 256 g/mol. The van der Waals surface area contributed by atoms with Crippen molar-refractivity contribution in [3.8, 4) is 0 Å². The maximum Gasteiger partial charge on any atom is 0.127 e. The third-order valence-electron chi connectivity index (χ3n) is 2.63. The number of pyridine rings is 1. The monoisotopic (exact) mass is 272 g/mol. The Labute approximate surface area is 99.1 Å². The molecule has 0 saturated heterocycles. The molecule has 0 saturated carbocycles. The lowest BCUT2D eigenvalue weighted by Gasteiger charge is -2.25. The Bertz CT molecular complexity index is 313. The number of anilines is 1. The molecule has 0 spiro atoms. The number of hydrogen-bond acceptors (Lipinski definition) is 3. The first kappa shape index (κ1) is 12.5. The summed E-state index contributed by atoms with van der Waals surface area (Å²) >= 11 is 3.30. The van der Waals surface area contributed by atoms with Crippen LogP contribution in [-0.4, -0.2) is 22.2 Å². The summed E-state index contributed by atoms with van der Waals surface area (Å²) in [5.41, 5.74) is -0.635. The molecule has 0 aliphatic heterocycles. The summed E-state index contributed by atoms with van der Waals surface area (Å²) in [4.78, 5) is 4.24. The third-order valence-corrected chi connectivity index (χ3v) is 3.07. The zero-order valence-corrected chi connectivity index (χ0v) is 10.7. The lowest BCUT2D eigenvalue weighted by molar-refractivity contribution is 0.0456. The second-order valence-electron chi connectivity index (χ2n) is 3.63. The summed E-state index contributed by atoms with van der Waals surface area (Å²) in [6, 6.07) is 5.67. The van der Waals surface area contributed by atoms with Crippen LogP contribution in [0.3, 0.4) is 0 Å². The van der Waals surface area contributed by atoms with E-state index in [1.54, 1.807) is 0 Å². The number of aliphatic hydroxyl groups is 1. The SMILES string of the molecule is CCC(O)(CC)CNc1cccc(Br)n1. The summed E-state index contributed by atoms with van der Waals surface area (Å²) < 4.78 is 0.795. The molecule has 84 valence electrons. The van der Waals surface area contributed by atoms with Crippen molar-refractivity contribution < 1.29 is 5.11 Å². The van der Waals surface area contributed by atoms with Crippen LogP contribution >= 0.6 is 15.9 Å². The molecule has 15 heavy (non-hydrogen) atoms. The van der Waals surface area contributed by atoms with Crippen LogP contribution in [0.4, 0.5) is 5.82 Å². The van der Waals surface area contributed by atoms with Crippen LogP contribution in [0, 0.1) is 0 Å². The van der Waals surface area contributed by atoms with Crippen LogP contribution in [0.2, 0.25) is 0 Å². The summed E-state index contributed by atoms with van der Waals surface area (Å²) in [6.45, 7) is 4.50. The molecule has 0 aliphatic carbocycles. The normalized spacial score (nSPS) is 11.5. The van der Waals surface area contributed by atoms with E-state index < -0.39 is 5.60 Å². The van der Waals surface area contributed by atoms with E-state index in [-0.39, 0.29) is 0 Å². The van der Waals surface area contributed by atoms with E-state index in [4.69, 9.17) is 0 Å². The number of rotatable bonds is 5. The van der Waals surface area contributed by atoms with Gasteiger partial charge in [0.05, 0.1) is 5.60 Å². The fourth-order valence-corrected chi connectivity index (χ4v) is 1.61. The van der Waals surface area contributed by atoms with Crippen molar-refractivity contribution in [1.82, 2.24) is 4.98 Å². The van der Waals surface area contributed by atoms with Gasteiger partial charge in [-0.05, 0) is 40.9 Å². The van der Waals surface area contributed by atoms with E-state index in [2.05, 4.69) is 26.2 Å². The summed E-state index contributed by atoms with van der Waals surface area (Å²) in [7, 11) is 0. The number of nitrogens with one attached hydrogen (secondary N) is 1.